The maximum Gasteiger partial charge on any atom is 0.170 e. The van der Waals surface area contributed by atoms with E-state index in [1.165, 1.54) is 0 Å². The standard InChI is InChI=1S/C19H17ClFN3O2/c20-17-4-1-14(10-23-17)24-18-16-3-2-15(9-13(16)5-7-22-18)26-12-19(21)6-8-25-11-19/h1-5,7,9-10H,6,8,11-12H2,(H,22,24)/t19-/m1/s1. The van der Waals surface area contributed by atoms with E-state index >= 15 is 0 Å². The minimum Gasteiger partial charge on any atom is -0.490 e. The lowest BCUT2D eigenvalue weighted by atomic mass is 10.1. The van der Waals surface area contributed by atoms with Gasteiger partial charge < -0.3 is 14.8 Å². The Morgan fingerprint density at radius 1 is 1.23 bits per heavy atom. The number of nitrogens with zero attached hydrogens (tertiary/aromatic N) is 2. The zero-order valence-electron chi connectivity index (χ0n) is 13.9. The first-order valence-electron chi connectivity index (χ1n) is 8.28. The van der Waals surface area contributed by atoms with Gasteiger partial charge in [-0.05, 0) is 41.8 Å². The number of pyridine rings is 2. The number of alkyl halides is 1. The summed E-state index contributed by atoms with van der Waals surface area (Å²) in [4.78, 5) is 8.43. The molecule has 1 aromatic carbocycles. The Morgan fingerprint density at radius 3 is 2.92 bits per heavy atom. The van der Waals surface area contributed by atoms with Gasteiger partial charge in [0.1, 0.15) is 23.3 Å². The Bertz CT molecular complexity index is 914. The second-order valence-corrected chi connectivity index (χ2v) is 6.67. The van der Waals surface area contributed by atoms with Crippen LogP contribution in [-0.4, -0.2) is 35.5 Å². The van der Waals surface area contributed by atoms with Crippen molar-refractivity contribution in [2.24, 2.45) is 0 Å². The van der Waals surface area contributed by atoms with Crippen molar-refractivity contribution in [2.75, 3.05) is 25.1 Å². The second kappa shape index (κ2) is 7.05. The molecular formula is C19H17ClFN3O2. The quantitative estimate of drug-likeness (QED) is 0.666. The number of fused-ring (bicyclic) bond motifs is 1. The van der Waals surface area contributed by atoms with E-state index in [0.717, 1.165) is 16.5 Å². The van der Waals surface area contributed by atoms with E-state index in [1.54, 1.807) is 18.5 Å². The maximum atomic E-state index is 14.4. The average molecular weight is 374 g/mol. The van der Waals surface area contributed by atoms with Gasteiger partial charge in [0, 0.05) is 24.6 Å². The Kier molecular flexibility index (Phi) is 4.61. The lowest BCUT2D eigenvalue weighted by Crippen LogP contribution is -2.31. The molecular weight excluding hydrogens is 357 g/mol. The molecule has 7 heteroatoms. The summed E-state index contributed by atoms with van der Waals surface area (Å²) in [5, 5.41) is 5.53. The number of halogens is 2. The molecule has 1 fully saturated rings. The molecule has 1 atom stereocenters. The van der Waals surface area contributed by atoms with Crippen molar-refractivity contribution in [1.82, 2.24) is 9.97 Å². The van der Waals surface area contributed by atoms with Gasteiger partial charge in [-0.25, -0.2) is 14.4 Å². The van der Waals surface area contributed by atoms with Gasteiger partial charge in [-0.1, -0.05) is 11.6 Å². The van der Waals surface area contributed by atoms with Gasteiger partial charge >= 0.3 is 0 Å². The highest BCUT2D eigenvalue weighted by atomic mass is 35.5. The molecule has 1 saturated heterocycles. The highest BCUT2D eigenvalue weighted by molar-refractivity contribution is 6.29. The van der Waals surface area contributed by atoms with Crippen molar-refractivity contribution in [1.29, 1.82) is 0 Å². The van der Waals surface area contributed by atoms with Crippen molar-refractivity contribution in [3.05, 3.63) is 53.9 Å². The first kappa shape index (κ1) is 17.0. The summed E-state index contributed by atoms with van der Waals surface area (Å²) in [6.07, 6.45) is 3.72. The number of anilines is 2. The summed E-state index contributed by atoms with van der Waals surface area (Å²) >= 11 is 5.81. The molecule has 0 radical (unpaired) electrons. The molecule has 1 aliphatic rings. The summed E-state index contributed by atoms with van der Waals surface area (Å²) in [5.41, 5.74) is -0.614. The molecule has 5 nitrogen and oxygen atoms in total. The minimum atomic E-state index is -1.40. The topological polar surface area (TPSA) is 56.3 Å². The fraction of sp³-hybridized carbons (Fsp3) is 0.263. The maximum absolute atomic E-state index is 14.4. The fourth-order valence-electron chi connectivity index (χ4n) is 2.84. The van der Waals surface area contributed by atoms with Crippen LogP contribution in [0.5, 0.6) is 5.75 Å². The third-order valence-electron chi connectivity index (χ3n) is 4.28. The zero-order valence-corrected chi connectivity index (χ0v) is 14.7. The van der Waals surface area contributed by atoms with E-state index in [4.69, 9.17) is 21.1 Å². The summed E-state index contributed by atoms with van der Waals surface area (Å²) in [6.45, 7) is 0.524. The molecule has 0 unspecified atom stereocenters. The third kappa shape index (κ3) is 3.71. The first-order valence-corrected chi connectivity index (χ1v) is 8.66. The number of rotatable bonds is 5. The predicted octanol–water partition coefficient (Wildman–Crippen LogP) is 4.53. The summed E-state index contributed by atoms with van der Waals surface area (Å²) in [6, 6.07) is 11.0. The normalized spacial score (nSPS) is 19.6. The molecule has 0 spiro atoms. The van der Waals surface area contributed by atoms with Gasteiger partial charge in [0.15, 0.2) is 5.67 Å². The highest BCUT2D eigenvalue weighted by Crippen LogP contribution is 2.29. The molecule has 0 aliphatic carbocycles. The zero-order chi connectivity index (χ0) is 18.0. The van der Waals surface area contributed by atoms with Crippen molar-refractivity contribution in [3.8, 4) is 5.75 Å². The lowest BCUT2D eigenvalue weighted by molar-refractivity contribution is 0.0644. The Morgan fingerprint density at radius 2 is 2.15 bits per heavy atom. The van der Waals surface area contributed by atoms with Crippen molar-refractivity contribution in [2.45, 2.75) is 12.1 Å². The molecule has 0 amide bonds. The number of aromatic nitrogens is 2. The minimum absolute atomic E-state index is 0.00879. The first-order chi connectivity index (χ1) is 12.6. The van der Waals surface area contributed by atoms with Gasteiger partial charge in [0.25, 0.3) is 0 Å². The van der Waals surface area contributed by atoms with E-state index < -0.39 is 5.67 Å². The van der Waals surface area contributed by atoms with Crippen LogP contribution < -0.4 is 10.1 Å². The van der Waals surface area contributed by atoms with Crippen LogP contribution in [0.4, 0.5) is 15.9 Å². The van der Waals surface area contributed by atoms with E-state index in [9.17, 15) is 4.39 Å². The Labute approximate surface area is 155 Å². The van der Waals surface area contributed by atoms with E-state index in [-0.39, 0.29) is 13.2 Å². The van der Waals surface area contributed by atoms with Crippen LogP contribution in [-0.2, 0) is 4.74 Å². The van der Waals surface area contributed by atoms with Crippen molar-refractivity contribution in [3.63, 3.8) is 0 Å². The molecule has 0 bridgehead atoms. The molecule has 2 aromatic heterocycles. The van der Waals surface area contributed by atoms with Gasteiger partial charge in [-0.2, -0.15) is 0 Å². The summed E-state index contributed by atoms with van der Waals surface area (Å²) in [7, 11) is 0. The van der Waals surface area contributed by atoms with Crippen LogP contribution in [0.2, 0.25) is 5.15 Å². The van der Waals surface area contributed by atoms with E-state index in [0.29, 0.717) is 29.7 Å². The van der Waals surface area contributed by atoms with Crippen LogP contribution in [0.25, 0.3) is 10.8 Å². The smallest absolute Gasteiger partial charge is 0.170 e. The molecule has 134 valence electrons. The van der Waals surface area contributed by atoms with Crippen LogP contribution in [0.15, 0.2) is 48.8 Å². The number of benzene rings is 1. The SMILES string of the molecule is F[C@]1(COc2ccc3c(Nc4ccc(Cl)nc4)nccc3c2)CCOC1. The van der Waals surface area contributed by atoms with E-state index in [1.807, 2.05) is 30.3 Å². The fourth-order valence-corrected chi connectivity index (χ4v) is 2.95. The van der Waals surface area contributed by atoms with E-state index in [2.05, 4.69) is 15.3 Å². The summed E-state index contributed by atoms with van der Waals surface area (Å²) < 4.78 is 25.1. The van der Waals surface area contributed by atoms with Crippen molar-refractivity contribution >= 4 is 33.9 Å². The monoisotopic (exact) mass is 373 g/mol. The Balaban J connectivity index is 1.54. The van der Waals surface area contributed by atoms with Crippen LogP contribution >= 0.6 is 11.6 Å². The molecule has 3 heterocycles. The molecule has 26 heavy (non-hydrogen) atoms. The molecule has 0 saturated carbocycles. The number of hydrogen-bond acceptors (Lipinski definition) is 5. The predicted molar refractivity (Wildman–Crippen MR) is 99.0 cm³/mol. The van der Waals surface area contributed by atoms with Crippen molar-refractivity contribution < 1.29 is 13.9 Å². The van der Waals surface area contributed by atoms with Gasteiger partial charge in [0.05, 0.1) is 18.5 Å². The number of ether oxygens (including phenoxy) is 2. The third-order valence-corrected chi connectivity index (χ3v) is 4.50. The molecule has 3 aromatic rings. The lowest BCUT2D eigenvalue weighted by Gasteiger charge is -2.18. The molecule has 1 N–H and O–H groups in total. The Hall–Kier alpha value is -2.44. The number of hydrogen-bond donors (Lipinski definition) is 1. The number of nitrogens with one attached hydrogen (secondary N) is 1. The van der Waals surface area contributed by atoms with Gasteiger partial charge in [-0.3, -0.25) is 0 Å². The van der Waals surface area contributed by atoms with Crippen LogP contribution in [0.1, 0.15) is 6.42 Å². The van der Waals surface area contributed by atoms with Gasteiger partial charge in [0.2, 0.25) is 0 Å². The average Bonchev–Trinajstić information content (AvgIpc) is 3.09. The molecule has 4 rings (SSSR count). The second-order valence-electron chi connectivity index (χ2n) is 6.28. The largest absolute Gasteiger partial charge is 0.490 e. The highest BCUT2D eigenvalue weighted by Gasteiger charge is 2.35. The molecule has 1 aliphatic heterocycles. The summed E-state index contributed by atoms with van der Waals surface area (Å²) in [5.74, 6) is 1.32. The van der Waals surface area contributed by atoms with Crippen LogP contribution in [0.3, 0.4) is 0 Å². The van der Waals surface area contributed by atoms with Crippen LogP contribution in [0, 0.1) is 0 Å². The van der Waals surface area contributed by atoms with Gasteiger partial charge in [-0.15, -0.1) is 0 Å².